The lowest BCUT2D eigenvalue weighted by atomic mass is 9.96. The van der Waals surface area contributed by atoms with Crippen molar-refractivity contribution in [2.45, 2.75) is 6.42 Å². The van der Waals surface area contributed by atoms with Crippen molar-refractivity contribution in [1.82, 2.24) is 0 Å². The van der Waals surface area contributed by atoms with Crippen LogP contribution in [-0.2, 0) is 11.2 Å². The molecule has 4 heteroatoms. The van der Waals surface area contributed by atoms with Crippen LogP contribution in [0, 0.1) is 17.2 Å². The van der Waals surface area contributed by atoms with E-state index < -0.39 is 0 Å². The molecule has 0 spiro atoms. The largest absolute Gasteiger partial charge is 0.492 e. The van der Waals surface area contributed by atoms with Crippen LogP contribution in [0.3, 0.4) is 0 Å². The van der Waals surface area contributed by atoms with Crippen molar-refractivity contribution in [2.24, 2.45) is 5.92 Å². The van der Waals surface area contributed by atoms with Gasteiger partial charge in [-0.1, -0.05) is 18.2 Å². The highest BCUT2D eigenvalue weighted by Gasteiger charge is 2.25. The molecular weight excluding hydrogens is 264 g/mol. The van der Waals surface area contributed by atoms with Gasteiger partial charge in [-0.25, -0.2) is 0 Å². The number of carbonyl (C=O) groups excluding carboxylic acids is 1. The summed E-state index contributed by atoms with van der Waals surface area (Å²) in [5, 5.41) is 11.6. The summed E-state index contributed by atoms with van der Waals surface area (Å²) in [6, 6.07) is 16.7. The van der Waals surface area contributed by atoms with Crippen LogP contribution >= 0.6 is 0 Å². The quantitative estimate of drug-likeness (QED) is 0.918. The van der Waals surface area contributed by atoms with Gasteiger partial charge in [0.15, 0.2) is 0 Å². The fraction of sp³-hybridized carbons (Fsp3) is 0.176. The fourth-order valence-corrected chi connectivity index (χ4v) is 2.37. The SMILES string of the molecule is N#Cc1ccc(NC(=O)C2COc3ccccc3C2)cc1. The minimum Gasteiger partial charge on any atom is -0.492 e. The molecule has 3 rings (SSSR count). The number of anilines is 1. The van der Waals surface area contributed by atoms with Gasteiger partial charge in [-0.3, -0.25) is 4.79 Å². The Morgan fingerprint density at radius 1 is 1.19 bits per heavy atom. The summed E-state index contributed by atoms with van der Waals surface area (Å²) in [4.78, 5) is 12.3. The molecule has 1 unspecified atom stereocenters. The van der Waals surface area contributed by atoms with E-state index in [4.69, 9.17) is 10.00 Å². The summed E-state index contributed by atoms with van der Waals surface area (Å²) in [6.45, 7) is 0.388. The molecule has 1 aliphatic heterocycles. The summed E-state index contributed by atoms with van der Waals surface area (Å²) < 4.78 is 5.63. The van der Waals surface area contributed by atoms with Crippen LogP contribution in [0.2, 0.25) is 0 Å². The van der Waals surface area contributed by atoms with Crippen molar-refractivity contribution in [2.75, 3.05) is 11.9 Å². The normalized spacial score (nSPS) is 16.2. The zero-order valence-corrected chi connectivity index (χ0v) is 11.4. The maximum Gasteiger partial charge on any atom is 0.231 e. The van der Waals surface area contributed by atoms with Gasteiger partial charge in [-0.2, -0.15) is 5.26 Å². The van der Waals surface area contributed by atoms with Crippen LogP contribution in [0.15, 0.2) is 48.5 Å². The fourth-order valence-electron chi connectivity index (χ4n) is 2.37. The van der Waals surface area contributed by atoms with E-state index in [0.717, 1.165) is 11.3 Å². The molecule has 0 saturated carbocycles. The van der Waals surface area contributed by atoms with Crippen molar-refractivity contribution < 1.29 is 9.53 Å². The molecule has 0 aliphatic carbocycles. The van der Waals surface area contributed by atoms with E-state index in [1.54, 1.807) is 24.3 Å². The molecule has 1 amide bonds. The van der Waals surface area contributed by atoms with Gasteiger partial charge in [0.2, 0.25) is 5.91 Å². The Balaban J connectivity index is 1.68. The average molecular weight is 278 g/mol. The Morgan fingerprint density at radius 2 is 1.95 bits per heavy atom. The summed E-state index contributed by atoms with van der Waals surface area (Å²) in [6.07, 6.45) is 0.679. The lowest BCUT2D eigenvalue weighted by Gasteiger charge is -2.24. The third-order valence-corrected chi connectivity index (χ3v) is 3.53. The molecule has 0 saturated heterocycles. The van der Waals surface area contributed by atoms with Crippen LogP contribution in [0.1, 0.15) is 11.1 Å². The van der Waals surface area contributed by atoms with Gasteiger partial charge >= 0.3 is 0 Å². The predicted octanol–water partition coefficient (Wildman–Crippen LogP) is 2.75. The van der Waals surface area contributed by atoms with Gasteiger partial charge in [-0.05, 0) is 42.3 Å². The van der Waals surface area contributed by atoms with Crippen LogP contribution in [-0.4, -0.2) is 12.5 Å². The highest BCUT2D eigenvalue weighted by molar-refractivity contribution is 5.93. The van der Waals surface area contributed by atoms with Crippen molar-refractivity contribution in [1.29, 1.82) is 5.26 Å². The molecule has 2 aromatic carbocycles. The molecule has 21 heavy (non-hydrogen) atoms. The maximum absolute atomic E-state index is 12.3. The number of carbonyl (C=O) groups is 1. The van der Waals surface area contributed by atoms with Crippen molar-refractivity contribution in [3.63, 3.8) is 0 Å². The standard InChI is InChI=1S/C17H14N2O2/c18-10-12-5-7-15(8-6-12)19-17(20)14-9-13-3-1-2-4-16(13)21-11-14/h1-8,14H,9,11H2,(H,19,20). The Labute approximate surface area is 123 Å². The molecule has 0 bridgehead atoms. The van der Waals surface area contributed by atoms with Gasteiger partial charge in [-0.15, -0.1) is 0 Å². The highest BCUT2D eigenvalue weighted by Crippen LogP contribution is 2.27. The van der Waals surface area contributed by atoms with E-state index in [1.165, 1.54) is 0 Å². The van der Waals surface area contributed by atoms with Crippen molar-refractivity contribution in [3.05, 3.63) is 59.7 Å². The van der Waals surface area contributed by atoms with Crippen molar-refractivity contribution >= 4 is 11.6 Å². The monoisotopic (exact) mass is 278 g/mol. The number of nitrogens with zero attached hydrogens (tertiary/aromatic N) is 1. The summed E-state index contributed by atoms with van der Waals surface area (Å²) in [5.41, 5.74) is 2.32. The molecule has 1 aliphatic rings. The minimum atomic E-state index is -0.199. The summed E-state index contributed by atoms with van der Waals surface area (Å²) >= 11 is 0. The Bertz CT molecular complexity index is 701. The number of benzene rings is 2. The van der Waals surface area contributed by atoms with Gasteiger partial charge in [0.25, 0.3) is 0 Å². The molecule has 1 N–H and O–H groups in total. The van der Waals surface area contributed by atoms with Crippen LogP contribution < -0.4 is 10.1 Å². The third kappa shape index (κ3) is 2.87. The number of fused-ring (bicyclic) bond motifs is 1. The lowest BCUT2D eigenvalue weighted by molar-refractivity contribution is -0.121. The second kappa shape index (κ2) is 5.68. The van der Waals surface area contributed by atoms with Crippen LogP contribution in [0.4, 0.5) is 5.69 Å². The van der Waals surface area contributed by atoms with Gasteiger partial charge in [0, 0.05) is 5.69 Å². The summed E-state index contributed by atoms with van der Waals surface area (Å²) in [5.74, 6) is 0.602. The number of amides is 1. The van der Waals surface area contributed by atoms with E-state index in [9.17, 15) is 4.79 Å². The zero-order chi connectivity index (χ0) is 14.7. The van der Waals surface area contributed by atoms with Crippen molar-refractivity contribution in [3.8, 4) is 11.8 Å². The molecule has 1 atom stereocenters. The highest BCUT2D eigenvalue weighted by atomic mass is 16.5. The molecule has 0 aromatic heterocycles. The van der Waals surface area contributed by atoms with Gasteiger partial charge in [0.05, 0.1) is 17.6 Å². The second-order valence-corrected chi connectivity index (χ2v) is 5.00. The number of para-hydroxylation sites is 1. The Morgan fingerprint density at radius 3 is 2.71 bits per heavy atom. The molecule has 2 aromatic rings. The van der Waals surface area contributed by atoms with E-state index in [-0.39, 0.29) is 11.8 Å². The topological polar surface area (TPSA) is 62.1 Å². The average Bonchev–Trinajstić information content (AvgIpc) is 2.55. The first-order valence-electron chi connectivity index (χ1n) is 6.78. The van der Waals surface area contributed by atoms with E-state index in [1.807, 2.05) is 30.3 Å². The smallest absolute Gasteiger partial charge is 0.231 e. The van der Waals surface area contributed by atoms with Crippen LogP contribution in [0.5, 0.6) is 5.75 Å². The first kappa shape index (κ1) is 13.2. The lowest BCUT2D eigenvalue weighted by Crippen LogP contribution is -2.32. The van der Waals surface area contributed by atoms with E-state index in [2.05, 4.69) is 5.32 Å². The molecular formula is C17H14N2O2. The third-order valence-electron chi connectivity index (χ3n) is 3.53. The molecule has 0 fully saturated rings. The number of hydrogen-bond donors (Lipinski definition) is 1. The van der Waals surface area contributed by atoms with Gasteiger partial charge in [0.1, 0.15) is 12.4 Å². The number of nitriles is 1. The van der Waals surface area contributed by atoms with E-state index >= 15 is 0 Å². The van der Waals surface area contributed by atoms with Gasteiger partial charge < -0.3 is 10.1 Å². The predicted molar refractivity (Wildman–Crippen MR) is 78.9 cm³/mol. The van der Waals surface area contributed by atoms with E-state index in [0.29, 0.717) is 24.3 Å². The number of rotatable bonds is 2. The maximum atomic E-state index is 12.3. The minimum absolute atomic E-state index is 0.0609. The molecule has 104 valence electrons. The number of hydrogen-bond acceptors (Lipinski definition) is 3. The Kier molecular flexibility index (Phi) is 3.57. The number of nitrogens with one attached hydrogen (secondary N) is 1. The van der Waals surface area contributed by atoms with Crippen LogP contribution in [0.25, 0.3) is 0 Å². The molecule has 1 heterocycles. The zero-order valence-electron chi connectivity index (χ0n) is 11.4. The molecule has 0 radical (unpaired) electrons. The first-order valence-corrected chi connectivity index (χ1v) is 6.78. The first-order chi connectivity index (χ1) is 10.3. The second-order valence-electron chi connectivity index (χ2n) is 5.00. The Hall–Kier alpha value is -2.80. The molecule has 4 nitrogen and oxygen atoms in total. The summed E-state index contributed by atoms with van der Waals surface area (Å²) in [7, 11) is 0. The number of ether oxygens (including phenoxy) is 1.